The van der Waals surface area contributed by atoms with E-state index >= 15 is 0 Å². The first-order valence-corrected chi connectivity index (χ1v) is 4.48. The fourth-order valence-electron chi connectivity index (χ4n) is 1.06. The van der Waals surface area contributed by atoms with E-state index in [0.29, 0.717) is 6.10 Å². The SMILES string of the molecule is CC1=NO[C@H](C)C1.c1ccccc1. The van der Waals surface area contributed by atoms with Gasteiger partial charge in [-0.05, 0) is 13.8 Å². The summed E-state index contributed by atoms with van der Waals surface area (Å²) in [6.45, 7) is 3.99. The molecule has 2 rings (SSSR count). The second kappa shape index (κ2) is 5.36. The van der Waals surface area contributed by atoms with E-state index in [2.05, 4.69) is 5.16 Å². The van der Waals surface area contributed by atoms with E-state index in [9.17, 15) is 0 Å². The van der Waals surface area contributed by atoms with Crippen LogP contribution in [0, 0.1) is 0 Å². The van der Waals surface area contributed by atoms with Crippen molar-refractivity contribution in [3.63, 3.8) is 0 Å². The molecule has 0 aliphatic carbocycles. The van der Waals surface area contributed by atoms with Gasteiger partial charge in [-0.1, -0.05) is 41.6 Å². The van der Waals surface area contributed by atoms with Crippen LogP contribution in [0.15, 0.2) is 41.6 Å². The zero-order valence-corrected chi connectivity index (χ0v) is 8.10. The molecular weight excluding hydrogens is 162 g/mol. The van der Waals surface area contributed by atoms with E-state index < -0.39 is 0 Å². The smallest absolute Gasteiger partial charge is 0.130 e. The van der Waals surface area contributed by atoms with Crippen LogP contribution < -0.4 is 0 Å². The summed E-state index contributed by atoms with van der Waals surface area (Å²) in [7, 11) is 0. The second-order valence-corrected chi connectivity index (χ2v) is 3.10. The van der Waals surface area contributed by atoms with Gasteiger partial charge in [0.25, 0.3) is 0 Å². The van der Waals surface area contributed by atoms with Crippen LogP contribution in [0.4, 0.5) is 0 Å². The maximum Gasteiger partial charge on any atom is 0.130 e. The standard InChI is InChI=1S/C6H6.C5H9NO/c1-2-4-6-5-3-1;1-4-3-5(2)7-6-4/h1-6H;5H,3H2,1-2H3/t;5-/m.1/s1. The molecule has 0 amide bonds. The Kier molecular flexibility index (Phi) is 4.03. The predicted octanol–water partition coefficient (Wildman–Crippen LogP) is 2.86. The fraction of sp³-hybridized carbons (Fsp3) is 0.364. The molecular formula is C11H15NO. The second-order valence-electron chi connectivity index (χ2n) is 3.10. The van der Waals surface area contributed by atoms with Gasteiger partial charge in [0.05, 0.1) is 5.71 Å². The largest absolute Gasteiger partial charge is 0.392 e. The summed E-state index contributed by atoms with van der Waals surface area (Å²) in [6, 6.07) is 12.0. The van der Waals surface area contributed by atoms with Crippen LogP contribution in [0.1, 0.15) is 20.3 Å². The molecule has 0 saturated carbocycles. The molecule has 70 valence electrons. The molecule has 1 aromatic carbocycles. The molecule has 0 radical (unpaired) electrons. The van der Waals surface area contributed by atoms with Gasteiger partial charge in [0, 0.05) is 6.42 Å². The van der Waals surface area contributed by atoms with E-state index in [0.717, 1.165) is 12.1 Å². The molecule has 2 heteroatoms. The number of benzene rings is 1. The van der Waals surface area contributed by atoms with Crippen LogP contribution >= 0.6 is 0 Å². The molecule has 0 fully saturated rings. The Morgan fingerprint density at radius 2 is 1.62 bits per heavy atom. The summed E-state index contributed by atoms with van der Waals surface area (Å²) in [5, 5.41) is 3.73. The molecule has 0 bridgehead atoms. The molecule has 1 aliphatic rings. The van der Waals surface area contributed by atoms with Gasteiger partial charge in [0.15, 0.2) is 0 Å². The van der Waals surface area contributed by atoms with Gasteiger partial charge in [0.1, 0.15) is 6.10 Å². The zero-order chi connectivity index (χ0) is 9.52. The maximum absolute atomic E-state index is 4.85. The van der Waals surface area contributed by atoms with Crippen molar-refractivity contribution in [3.05, 3.63) is 36.4 Å². The van der Waals surface area contributed by atoms with Crippen LogP contribution in [0.5, 0.6) is 0 Å². The zero-order valence-electron chi connectivity index (χ0n) is 8.10. The molecule has 0 spiro atoms. The van der Waals surface area contributed by atoms with Crippen molar-refractivity contribution < 1.29 is 4.84 Å². The lowest BCUT2D eigenvalue weighted by Gasteiger charge is -1.93. The van der Waals surface area contributed by atoms with Crippen LogP contribution in [0.2, 0.25) is 0 Å². The van der Waals surface area contributed by atoms with Crippen molar-refractivity contribution in [2.75, 3.05) is 0 Å². The molecule has 0 unspecified atom stereocenters. The third-order valence-electron chi connectivity index (χ3n) is 1.64. The van der Waals surface area contributed by atoms with Gasteiger partial charge in [-0.2, -0.15) is 0 Å². The van der Waals surface area contributed by atoms with E-state index in [1.165, 1.54) is 0 Å². The number of hydrogen-bond donors (Lipinski definition) is 0. The summed E-state index contributed by atoms with van der Waals surface area (Å²) in [6.07, 6.45) is 1.32. The highest BCUT2D eigenvalue weighted by Crippen LogP contribution is 2.07. The van der Waals surface area contributed by atoms with Gasteiger partial charge >= 0.3 is 0 Å². The first-order valence-electron chi connectivity index (χ1n) is 4.48. The first kappa shape index (κ1) is 9.78. The molecule has 1 aromatic rings. The third kappa shape index (κ3) is 4.31. The van der Waals surface area contributed by atoms with E-state index in [1.54, 1.807) is 0 Å². The fourth-order valence-corrected chi connectivity index (χ4v) is 1.06. The summed E-state index contributed by atoms with van der Waals surface area (Å²) >= 11 is 0. The average molecular weight is 177 g/mol. The summed E-state index contributed by atoms with van der Waals surface area (Å²) in [5.41, 5.74) is 1.10. The minimum atomic E-state index is 0.319. The first-order chi connectivity index (χ1) is 6.29. The van der Waals surface area contributed by atoms with Crippen molar-refractivity contribution >= 4 is 5.71 Å². The van der Waals surface area contributed by atoms with Crippen molar-refractivity contribution in [2.45, 2.75) is 26.4 Å². The van der Waals surface area contributed by atoms with Crippen LogP contribution in [0.25, 0.3) is 0 Å². The number of oxime groups is 1. The molecule has 13 heavy (non-hydrogen) atoms. The lowest BCUT2D eigenvalue weighted by atomic mass is 10.2. The molecule has 2 nitrogen and oxygen atoms in total. The van der Waals surface area contributed by atoms with Gasteiger partial charge in [-0.3, -0.25) is 0 Å². The highest BCUT2D eigenvalue weighted by atomic mass is 16.6. The van der Waals surface area contributed by atoms with Crippen LogP contribution in [0.3, 0.4) is 0 Å². The number of hydrogen-bond acceptors (Lipinski definition) is 2. The topological polar surface area (TPSA) is 21.6 Å². The Labute approximate surface area is 79.2 Å². The highest BCUT2D eigenvalue weighted by Gasteiger charge is 2.10. The van der Waals surface area contributed by atoms with Gasteiger partial charge in [0.2, 0.25) is 0 Å². The molecule has 1 heterocycles. The highest BCUT2D eigenvalue weighted by molar-refractivity contribution is 5.82. The Hall–Kier alpha value is -1.31. The lowest BCUT2D eigenvalue weighted by Crippen LogP contribution is -1.97. The third-order valence-corrected chi connectivity index (χ3v) is 1.64. The predicted molar refractivity (Wildman–Crippen MR) is 54.7 cm³/mol. The van der Waals surface area contributed by atoms with Crippen molar-refractivity contribution in [1.82, 2.24) is 0 Å². The van der Waals surface area contributed by atoms with Crippen LogP contribution in [-0.2, 0) is 4.84 Å². The number of nitrogens with zero attached hydrogens (tertiary/aromatic N) is 1. The van der Waals surface area contributed by atoms with Gasteiger partial charge in [-0.25, -0.2) is 0 Å². The minimum Gasteiger partial charge on any atom is -0.392 e. The van der Waals surface area contributed by atoms with Crippen molar-refractivity contribution in [1.29, 1.82) is 0 Å². The number of rotatable bonds is 0. The monoisotopic (exact) mass is 177 g/mol. The molecule has 1 aliphatic heterocycles. The normalized spacial score (nSPS) is 19.5. The average Bonchev–Trinajstić information content (AvgIpc) is 2.54. The Morgan fingerprint density at radius 3 is 1.77 bits per heavy atom. The Balaban J connectivity index is 0.000000132. The quantitative estimate of drug-likeness (QED) is 0.597. The lowest BCUT2D eigenvalue weighted by molar-refractivity contribution is 0.0995. The molecule has 0 aromatic heterocycles. The molecule has 0 N–H and O–H groups in total. The van der Waals surface area contributed by atoms with Gasteiger partial charge < -0.3 is 4.84 Å². The van der Waals surface area contributed by atoms with E-state index in [-0.39, 0.29) is 0 Å². The van der Waals surface area contributed by atoms with E-state index in [1.807, 2.05) is 50.2 Å². The van der Waals surface area contributed by atoms with Gasteiger partial charge in [-0.15, -0.1) is 0 Å². The van der Waals surface area contributed by atoms with E-state index in [4.69, 9.17) is 4.84 Å². The molecule has 0 saturated heterocycles. The maximum atomic E-state index is 4.85. The van der Waals surface area contributed by atoms with Crippen molar-refractivity contribution in [3.8, 4) is 0 Å². The summed E-state index contributed by atoms with van der Waals surface area (Å²) in [5.74, 6) is 0. The minimum absolute atomic E-state index is 0.319. The molecule has 1 atom stereocenters. The Morgan fingerprint density at radius 1 is 1.15 bits per heavy atom. The van der Waals surface area contributed by atoms with Crippen molar-refractivity contribution in [2.24, 2.45) is 5.16 Å². The summed E-state index contributed by atoms with van der Waals surface area (Å²) < 4.78 is 0. The summed E-state index contributed by atoms with van der Waals surface area (Å²) in [4.78, 5) is 4.85. The Bertz CT molecular complexity index is 229. The van der Waals surface area contributed by atoms with Crippen LogP contribution in [-0.4, -0.2) is 11.8 Å².